The molecule has 1 saturated carbocycles. The summed E-state index contributed by atoms with van der Waals surface area (Å²) < 4.78 is 55.1. The minimum Gasteiger partial charge on any atom is -0.450 e. The van der Waals surface area contributed by atoms with Gasteiger partial charge >= 0.3 is 5.97 Å². The fraction of sp³-hybridized carbons (Fsp3) is 0.500. The molecule has 2 aliphatic rings. The summed E-state index contributed by atoms with van der Waals surface area (Å²) in [5.41, 5.74) is 1.36. The van der Waals surface area contributed by atoms with E-state index in [-0.39, 0.29) is 23.8 Å². The van der Waals surface area contributed by atoms with Crippen LogP contribution in [0.2, 0.25) is 0 Å². The number of ether oxygens (including phenoxy) is 2. The fourth-order valence-corrected chi connectivity index (χ4v) is 4.89. The van der Waals surface area contributed by atoms with Crippen LogP contribution < -0.4 is 9.47 Å². The first-order chi connectivity index (χ1) is 15.4. The Labute approximate surface area is 186 Å². The van der Waals surface area contributed by atoms with Crippen molar-refractivity contribution < 1.29 is 27.4 Å². The van der Waals surface area contributed by atoms with E-state index in [1.807, 2.05) is 6.92 Å². The lowest BCUT2D eigenvalue weighted by atomic mass is 9.80. The van der Waals surface area contributed by atoms with Crippen LogP contribution in [0.25, 0.3) is 0 Å². The number of rotatable bonds is 6. The third kappa shape index (κ3) is 4.37. The average molecular weight is 447 g/mol. The van der Waals surface area contributed by atoms with Crippen LogP contribution >= 0.6 is 0 Å². The van der Waals surface area contributed by atoms with E-state index in [9.17, 15) is 18.0 Å². The third-order valence-electron chi connectivity index (χ3n) is 6.66. The molecule has 0 bridgehead atoms. The van der Waals surface area contributed by atoms with Crippen molar-refractivity contribution in [2.45, 2.75) is 71.6 Å². The van der Waals surface area contributed by atoms with Crippen molar-refractivity contribution in [3.63, 3.8) is 0 Å². The van der Waals surface area contributed by atoms with Crippen molar-refractivity contribution in [1.82, 2.24) is 0 Å². The van der Waals surface area contributed by atoms with Crippen LogP contribution in [0, 0.1) is 29.3 Å². The van der Waals surface area contributed by atoms with E-state index in [0.29, 0.717) is 41.9 Å². The number of hydrogen-bond donors (Lipinski definition) is 0. The van der Waals surface area contributed by atoms with Crippen LogP contribution in [0.15, 0.2) is 18.2 Å². The highest BCUT2D eigenvalue weighted by Crippen LogP contribution is 2.44. The van der Waals surface area contributed by atoms with E-state index < -0.39 is 29.2 Å². The number of fused-ring (bicyclic) bond motifs is 2. The zero-order valence-corrected chi connectivity index (χ0v) is 18.6. The summed E-state index contributed by atoms with van der Waals surface area (Å²) in [6.45, 7) is 4.08. The number of esters is 1. The molecule has 1 fully saturated rings. The van der Waals surface area contributed by atoms with Crippen molar-refractivity contribution in [3.05, 3.63) is 52.3 Å². The van der Waals surface area contributed by atoms with E-state index in [0.717, 1.165) is 32.1 Å². The highest BCUT2D eigenvalue weighted by Gasteiger charge is 2.32. The van der Waals surface area contributed by atoms with Crippen LogP contribution in [-0.2, 0) is 17.6 Å². The van der Waals surface area contributed by atoms with Crippen LogP contribution in [0.1, 0.15) is 75.5 Å². The number of halogens is 3. The molecule has 4 rings (SSSR count). The van der Waals surface area contributed by atoms with Crippen molar-refractivity contribution in [2.75, 3.05) is 0 Å². The van der Waals surface area contributed by atoms with Crippen LogP contribution in [0.5, 0.6) is 17.2 Å². The van der Waals surface area contributed by atoms with Crippen LogP contribution in [-0.4, -0.2) is 5.97 Å². The molecule has 2 aromatic carbocycles. The molecule has 32 heavy (non-hydrogen) atoms. The Kier molecular flexibility index (Phi) is 6.77. The molecule has 3 nitrogen and oxygen atoms in total. The molecule has 0 unspecified atom stereocenters. The highest BCUT2D eigenvalue weighted by molar-refractivity contribution is 5.75. The molecule has 1 aliphatic carbocycles. The minimum atomic E-state index is -1.29. The summed E-state index contributed by atoms with van der Waals surface area (Å²) in [6, 6.07) is 4.74. The molecule has 0 atom stereocenters. The molecule has 6 heteroatoms. The van der Waals surface area contributed by atoms with Crippen LogP contribution in [0.4, 0.5) is 13.2 Å². The first-order valence-corrected chi connectivity index (χ1v) is 11.6. The summed E-state index contributed by atoms with van der Waals surface area (Å²) in [6.07, 6.45) is 7.02. The second-order valence-electron chi connectivity index (χ2n) is 8.97. The van der Waals surface area contributed by atoms with Gasteiger partial charge in [0.15, 0.2) is 23.1 Å². The minimum absolute atomic E-state index is 0.0599. The van der Waals surface area contributed by atoms with Gasteiger partial charge in [0, 0.05) is 17.5 Å². The highest BCUT2D eigenvalue weighted by atomic mass is 19.2. The Morgan fingerprint density at radius 3 is 2.38 bits per heavy atom. The van der Waals surface area contributed by atoms with Gasteiger partial charge in [0.25, 0.3) is 0 Å². The molecule has 2 aromatic rings. The molecule has 1 aliphatic heterocycles. The molecule has 0 N–H and O–H groups in total. The zero-order chi connectivity index (χ0) is 22.8. The van der Waals surface area contributed by atoms with Crippen molar-refractivity contribution in [2.24, 2.45) is 11.8 Å². The monoisotopic (exact) mass is 446 g/mol. The number of carbonyl (C=O) groups is 1. The quantitative estimate of drug-likeness (QED) is 0.295. The van der Waals surface area contributed by atoms with Gasteiger partial charge in [-0.3, -0.25) is 4.79 Å². The Morgan fingerprint density at radius 2 is 1.69 bits per heavy atom. The van der Waals surface area contributed by atoms with Crippen LogP contribution in [0.3, 0.4) is 0 Å². The summed E-state index contributed by atoms with van der Waals surface area (Å²) in [5, 5.41) is 0. The lowest BCUT2D eigenvalue weighted by Crippen LogP contribution is -2.26. The van der Waals surface area contributed by atoms with Crippen molar-refractivity contribution >= 4 is 5.97 Å². The third-order valence-corrected chi connectivity index (χ3v) is 6.66. The molecular formula is C26H29F3O3. The van der Waals surface area contributed by atoms with Crippen molar-refractivity contribution in [3.8, 4) is 17.2 Å². The Hall–Kier alpha value is -2.50. The summed E-state index contributed by atoms with van der Waals surface area (Å²) >= 11 is 0. The molecule has 0 aromatic heterocycles. The smallest absolute Gasteiger partial charge is 0.314 e. The molecule has 0 amide bonds. The van der Waals surface area contributed by atoms with Gasteiger partial charge in [0.2, 0.25) is 11.6 Å². The van der Waals surface area contributed by atoms with E-state index >= 15 is 0 Å². The van der Waals surface area contributed by atoms with Gasteiger partial charge in [-0.15, -0.1) is 0 Å². The van der Waals surface area contributed by atoms with Gasteiger partial charge in [-0.05, 0) is 49.7 Å². The molecule has 0 saturated heterocycles. The molecule has 0 radical (unpaired) electrons. The number of carbonyl (C=O) groups excluding carboxylic acids is 1. The molecular weight excluding hydrogens is 417 g/mol. The average Bonchev–Trinajstić information content (AvgIpc) is 2.79. The van der Waals surface area contributed by atoms with Gasteiger partial charge in [-0.25, -0.2) is 4.39 Å². The maximum atomic E-state index is 14.8. The lowest BCUT2D eigenvalue weighted by molar-refractivity contribution is -0.140. The second kappa shape index (κ2) is 9.55. The number of aryl methyl sites for hydroxylation is 1. The first-order valence-electron chi connectivity index (χ1n) is 11.6. The number of benzene rings is 2. The maximum absolute atomic E-state index is 14.8. The normalized spacial score (nSPS) is 19.7. The second-order valence-corrected chi connectivity index (χ2v) is 8.97. The molecule has 172 valence electrons. The summed E-state index contributed by atoms with van der Waals surface area (Å²) in [5.74, 6) is -4.13. The summed E-state index contributed by atoms with van der Waals surface area (Å²) in [7, 11) is 0. The van der Waals surface area contributed by atoms with E-state index in [1.165, 1.54) is 6.07 Å². The predicted molar refractivity (Wildman–Crippen MR) is 116 cm³/mol. The first kappa shape index (κ1) is 22.7. The van der Waals surface area contributed by atoms with Gasteiger partial charge in [-0.2, -0.15) is 8.78 Å². The van der Waals surface area contributed by atoms with E-state index in [4.69, 9.17) is 9.47 Å². The Balaban J connectivity index is 1.53. The SMILES string of the molecule is CCCc1ccc2c(c1F)Oc1c(cc(OC(=O)C3CCC(CCC)CC3)c(F)c1F)C2. The van der Waals surface area contributed by atoms with E-state index in [1.54, 1.807) is 12.1 Å². The van der Waals surface area contributed by atoms with Gasteiger partial charge in [0.1, 0.15) is 0 Å². The van der Waals surface area contributed by atoms with E-state index in [2.05, 4.69) is 6.92 Å². The molecule has 1 heterocycles. The Bertz CT molecular complexity index is 1010. The standard InChI is InChI=1S/C26H29F3O3/c1-3-5-15-7-9-17(10-8-15)26(30)31-20-14-19-13-18-12-11-16(6-4-2)21(27)24(18)32-25(19)23(29)22(20)28/h11-12,14-15,17H,3-10,13H2,1-2H3. The van der Waals surface area contributed by atoms with Gasteiger partial charge < -0.3 is 9.47 Å². The summed E-state index contributed by atoms with van der Waals surface area (Å²) in [4.78, 5) is 12.6. The molecule has 0 spiro atoms. The number of hydrogen-bond acceptors (Lipinski definition) is 3. The largest absolute Gasteiger partial charge is 0.450 e. The Morgan fingerprint density at radius 1 is 0.969 bits per heavy atom. The van der Waals surface area contributed by atoms with Gasteiger partial charge in [-0.1, -0.05) is 45.2 Å². The van der Waals surface area contributed by atoms with Gasteiger partial charge in [0.05, 0.1) is 5.92 Å². The topological polar surface area (TPSA) is 35.5 Å². The maximum Gasteiger partial charge on any atom is 0.314 e. The fourth-order valence-electron chi connectivity index (χ4n) is 4.89. The van der Waals surface area contributed by atoms with Crippen molar-refractivity contribution in [1.29, 1.82) is 0 Å². The lowest BCUT2D eigenvalue weighted by Gasteiger charge is -2.27. The predicted octanol–water partition coefficient (Wildman–Crippen LogP) is 7.26. The zero-order valence-electron chi connectivity index (χ0n) is 18.6.